The van der Waals surface area contributed by atoms with E-state index in [0.29, 0.717) is 13.2 Å². The van der Waals surface area contributed by atoms with Crippen LogP contribution in [-0.4, -0.2) is 44.2 Å². The van der Waals surface area contributed by atoms with Crippen LogP contribution in [0.15, 0.2) is 0 Å². The lowest BCUT2D eigenvalue weighted by Crippen LogP contribution is -2.46. The standard InChI is InChI=1S/C8H16BNO3S/c1-7(11)10-8(3-6-14-2)9-12-4-5-13-9/h8H,3-6H2,1-2H3,(H,10,11)/t8-/m0/s1. The first-order chi connectivity index (χ1) is 6.74. The molecule has 1 amide bonds. The average Bonchev–Trinajstić information content (AvgIpc) is 2.64. The number of hydrogen-bond acceptors (Lipinski definition) is 4. The molecule has 4 nitrogen and oxygen atoms in total. The monoisotopic (exact) mass is 217 g/mol. The summed E-state index contributed by atoms with van der Waals surface area (Å²) < 4.78 is 10.7. The number of rotatable bonds is 5. The zero-order chi connectivity index (χ0) is 10.4. The Bertz CT molecular complexity index is 187. The quantitative estimate of drug-likeness (QED) is 0.673. The minimum Gasteiger partial charge on any atom is -0.407 e. The van der Waals surface area contributed by atoms with Crippen LogP contribution in [0.2, 0.25) is 0 Å². The summed E-state index contributed by atoms with van der Waals surface area (Å²) in [6, 6.07) is 0. The van der Waals surface area contributed by atoms with E-state index in [1.807, 2.05) is 6.26 Å². The van der Waals surface area contributed by atoms with Crippen molar-refractivity contribution in [1.82, 2.24) is 5.32 Å². The second-order valence-corrected chi connectivity index (χ2v) is 4.18. The fourth-order valence-electron chi connectivity index (χ4n) is 1.39. The summed E-state index contributed by atoms with van der Waals surface area (Å²) in [4.78, 5) is 10.9. The summed E-state index contributed by atoms with van der Waals surface area (Å²) in [5.74, 6) is 0.950. The Morgan fingerprint density at radius 1 is 1.57 bits per heavy atom. The Balaban J connectivity index is 2.37. The Labute approximate surface area is 89.2 Å². The van der Waals surface area contributed by atoms with E-state index in [0.717, 1.165) is 12.2 Å². The van der Waals surface area contributed by atoms with Crippen LogP contribution in [0, 0.1) is 0 Å². The summed E-state index contributed by atoms with van der Waals surface area (Å²) in [6.07, 6.45) is 2.92. The molecule has 0 aliphatic carbocycles. The molecule has 1 heterocycles. The van der Waals surface area contributed by atoms with E-state index < -0.39 is 0 Å². The molecule has 1 aliphatic heterocycles. The van der Waals surface area contributed by atoms with E-state index in [9.17, 15) is 4.79 Å². The van der Waals surface area contributed by atoms with Crippen LogP contribution in [0.4, 0.5) is 0 Å². The van der Waals surface area contributed by atoms with Gasteiger partial charge in [0, 0.05) is 6.92 Å². The highest BCUT2D eigenvalue weighted by Gasteiger charge is 2.33. The first-order valence-corrected chi connectivity index (χ1v) is 6.12. The van der Waals surface area contributed by atoms with Gasteiger partial charge in [-0.2, -0.15) is 11.8 Å². The van der Waals surface area contributed by atoms with Crippen LogP contribution in [-0.2, 0) is 14.1 Å². The Hall–Kier alpha value is -0.195. The van der Waals surface area contributed by atoms with Crippen molar-refractivity contribution in [1.29, 1.82) is 0 Å². The molecule has 0 unspecified atom stereocenters. The second kappa shape index (κ2) is 6.32. The molecule has 0 aromatic heterocycles. The van der Waals surface area contributed by atoms with Gasteiger partial charge in [-0.25, -0.2) is 0 Å². The maximum absolute atomic E-state index is 10.9. The number of carbonyl (C=O) groups is 1. The number of hydrogen-bond donors (Lipinski definition) is 1. The topological polar surface area (TPSA) is 47.6 Å². The summed E-state index contributed by atoms with van der Waals surface area (Å²) in [5.41, 5.74) is 0. The van der Waals surface area contributed by atoms with E-state index in [2.05, 4.69) is 5.32 Å². The highest BCUT2D eigenvalue weighted by atomic mass is 32.2. The SMILES string of the molecule is CSCC[C@H](NC(C)=O)B1OCCO1. The normalized spacial score (nSPS) is 18.3. The van der Waals surface area contributed by atoms with E-state index in [1.54, 1.807) is 11.8 Å². The summed E-state index contributed by atoms with van der Waals surface area (Å²) in [6.45, 7) is 2.76. The van der Waals surface area contributed by atoms with Gasteiger partial charge in [0.25, 0.3) is 0 Å². The first-order valence-electron chi connectivity index (χ1n) is 4.73. The molecule has 0 bridgehead atoms. The fourth-order valence-corrected chi connectivity index (χ4v) is 1.88. The van der Waals surface area contributed by atoms with Gasteiger partial charge in [-0.3, -0.25) is 4.79 Å². The molecule has 1 fully saturated rings. The second-order valence-electron chi connectivity index (χ2n) is 3.20. The lowest BCUT2D eigenvalue weighted by Gasteiger charge is -2.18. The molecule has 1 rings (SSSR count). The van der Waals surface area contributed by atoms with Crippen molar-refractivity contribution in [2.75, 3.05) is 25.2 Å². The molecular weight excluding hydrogens is 201 g/mol. The predicted octanol–water partition coefficient (Wildman–Crippen LogP) is 0.318. The van der Waals surface area contributed by atoms with Crippen molar-refractivity contribution in [3.63, 3.8) is 0 Å². The predicted molar refractivity (Wildman–Crippen MR) is 58.3 cm³/mol. The van der Waals surface area contributed by atoms with Gasteiger partial charge in [0.1, 0.15) is 0 Å². The molecule has 80 valence electrons. The lowest BCUT2D eigenvalue weighted by molar-refractivity contribution is -0.119. The van der Waals surface area contributed by atoms with Gasteiger partial charge < -0.3 is 14.6 Å². The van der Waals surface area contributed by atoms with Crippen LogP contribution in [0.1, 0.15) is 13.3 Å². The lowest BCUT2D eigenvalue weighted by atomic mass is 9.77. The van der Waals surface area contributed by atoms with Gasteiger partial charge in [0.2, 0.25) is 5.91 Å². The van der Waals surface area contributed by atoms with E-state index in [4.69, 9.17) is 9.31 Å². The molecular formula is C8H16BNO3S. The highest BCUT2D eigenvalue weighted by Crippen LogP contribution is 2.10. The van der Waals surface area contributed by atoms with Crippen LogP contribution >= 0.6 is 11.8 Å². The number of nitrogens with one attached hydrogen (secondary N) is 1. The maximum Gasteiger partial charge on any atom is 0.481 e. The van der Waals surface area contributed by atoms with E-state index in [-0.39, 0.29) is 19.0 Å². The minimum atomic E-state index is -0.258. The zero-order valence-electron chi connectivity index (χ0n) is 8.62. The number of carbonyl (C=O) groups excluding carboxylic acids is 1. The molecule has 0 saturated carbocycles. The molecule has 0 aromatic rings. The van der Waals surface area contributed by atoms with Crippen molar-refractivity contribution < 1.29 is 14.1 Å². The fraction of sp³-hybridized carbons (Fsp3) is 0.875. The van der Waals surface area contributed by atoms with Crippen molar-refractivity contribution in [2.45, 2.75) is 19.3 Å². The number of amides is 1. The van der Waals surface area contributed by atoms with Crippen LogP contribution < -0.4 is 5.32 Å². The number of thioether (sulfide) groups is 1. The van der Waals surface area contributed by atoms with Crippen LogP contribution in [0.3, 0.4) is 0 Å². The molecule has 14 heavy (non-hydrogen) atoms. The summed E-state index contributed by atoms with van der Waals surface area (Å²) >= 11 is 1.75. The first kappa shape index (κ1) is 11.9. The summed E-state index contributed by atoms with van der Waals surface area (Å²) in [5, 5.41) is 2.85. The third-order valence-corrected chi connectivity index (χ3v) is 2.64. The molecule has 6 heteroatoms. The van der Waals surface area contributed by atoms with E-state index >= 15 is 0 Å². The minimum absolute atomic E-state index is 0.0116. The summed E-state index contributed by atoms with van der Waals surface area (Å²) in [7, 11) is -0.258. The van der Waals surface area contributed by atoms with Gasteiger partial charge in [-0.1, -0.05) is 0 Å². The van der Waals surface area contributed by atoms with Crippen molar-refractivity contribution in [3.05, 3.63) is 0 Å². The molecule has 0 radical (unpaired) electrons. The van der Waals surface area contributed by atoms with Gasteiger partial charge in [-0.05, 0) is 18.4 Å². The zero-order valence-corrected chi connectivity index (χ0v) is 9.43. The molecule has 1 atom stereocenters. The average molecular weight is 217 g/mol. The molecule has 0 spiro atoms. The Morgan fingerprint density at radius 2 is 2.21 bits per heavy atom. The molecule has 0 aromatic carbocycles. The van der Waals surface area contributed by atoms with E-state index in [1.165, 1.54) is 6.92 Å². The molecule has 1 aliphatic rings. The Kier molecular flexibility index (Phi) is 5.36. The van der Waals surface area contributed by atoms with Gasteiger partial charge >= 0.3 is 7.12 Å². The molecule has 1 N–H and O–H groups in total. The third-order valence-electron chi connectivity index (χ3n) is 2.00. The highest BCUT2D eigenvalue weighted by molar-refractivity contribution is 7.98. The van der Waals surface area contributed by atoms with Crippen molar-refractivity contribution in [3.8, 4) is 0 Å². The van der Waals surface area contributed by atoms with Gasteiger partial charge in [-0.15, -0.1) is 0 Å². The van der Waals surface area contributed by atoms with Gasteiger partial charge in [0.15, 0.2) is 0 Å². The van der Waals surface area contributed by atoms with Crippen molar-refractivity contribution in [2.24, 2.45) is 0 Å². The Morgan fingerprint density at radius 3 is 2.71 bits per heavy atom. The third kappa shape index (κ3) is 3.90. The van der Waals surface area contributed by atoms with Gasteiger partial charge in [0.05, 0.1) is 19.2 Å². The maximum atomic E-state index is 10.9. The molecule has 1 saturated heterocycles. The van der Waals surface area contributed by atoms with Crippen LogP contribution in [0.25, 0.3) is 0 Å². The van der Waals surface area contributed by atoms with Crippen molar-refractivity contribution >= 4 is 24.8 Å². The smallest absolute Gasteiger partial charge is 0.407 e. The van der Waals surface area contributed by atoms with Crippen LogP contribution in [0.5, 0.6) is 0 Å². The largest absolute Gasteiger partial charge is 0.481 e.